The number of nitrogens with one attached hydrogen (secondary N) is 1. The Bertz CT molecular complexity index is 1540. The van der Waals surface area contributed by atoms with Gasteiger partial charge in [-0.15, -0.1) is 0 Å². The Labute approximate surface area is 258 Å². The molecule has 3 rings (SSSR count). The van der Waals surface area contributed by atoms with Gasteiger partial charge in [0.05, 0.1) is 12.5 Å². The van der Waals surface area contributed by atoms with Gasteiger partial charge in [0.15, 0.2) is 0 Å². The minimum atomic E-state index is -1.19. The van der Waals surface area contributed by atoms with Crippen LogP contribution in [0.15, 0.2) is 41.3 Å². The summed E-state index contributed by atoms with van der Waals surface area (Å²) in [4.78, 5) is 41.2. The number of aliphatic carboxylic acids is 1. The Morgan fingerprint density at radius 3 is 2.19 bits per heavy atom. The van der Waals surface area contributed by atoms with Crippen LogP contribution in [0.4, 0.5) is 4.39 Å². The predicted octanol–water partition coefficient (Wildman–Crippen LogP) is 6.56. The zero-order valence-electron chi connectivity index (χ0n) is 26.3. The largest absolute Gasteiger partial charge is 0.481 e. The maximum Gasteiger partial charge on any atom is 0.305 e. The summed E-state index contributed by atoms with van der Waals surface area (Å²) in [5, 5.41) is 13.2. The first-order chi connectivity index (χ1) is 20.1. The van der Waals surface area contributed by atoms with Crippen molar-refractivity contribution in [2.45, 2.75) is 72.9 Å². The van der Waals surface area contributed by atoms with E-state index in [1.165, 1.54) is 10.6 Å². The lowest BCUT2D eigenvalue weighted by Gasteiger charge is -2.26. The third kappa shape index (κ3) is 8.54. The number of pyridine rings is 1. The highest BCUT2D eigenvalue weighted by Crippen LogP contribution is 2.35. The van der Waals surface area contributed by atoms with Crippen LogP contribution in [-0.4, -0.2) is 47.1 Å². The van der Waals surface area contributed by atoms with E-state index >= 15 is 4.39 Å². The fourth-order valence-corrected chi connectivity index (χ4v) is 5.90. The van der Waals surface area contributed by atoms with Crippen molar-refractivity contribution in [3.63, 3.8) is 0 Å². The van der Waals surface area contributed by atoms with E-state index in [1.54, 1.807) is 25.3 Å². The van der Waals surface area contributed by atoms with Crippen LogP contribution in [0.5, 0.6) is 0 Å². The SMILES string of the molecule is Cc1cc(=O)n(C(CC(C)C)C(=O)N[C@@H](CC(=O)O)c2cc(-c3c(C)cc(Cl)cc3C)cc(C)c2F)cc1CCN(C)C. The molecule has 0 aliphatic heterocycles. The van der Waals surface area contributed by atoms with Crippen LogP contribution in [0.2, 0.25) is 5.02 Å². The molecule has 43 heavy (non-hydrogen) atoms. The van der Waals surface area contributed by atoms with E-state index in [4.69, 9.17) is 11.6 Å². The van der Waals surface area contributed by atoms with Gasteiger partial charge in [-0.1, -0.05) is 25.4 Å². The first kappa shape index (κ1) is 34.0. The summed E-state index contributed by atoms with van der Waals surface area (Å²) < 4.78 is 17.2. The minimum Gasteiger partial charge on any atom is -0.481 e. The second-order valence-corrected chi connectivity index (χ2v) is 12.6. The molecule has 0 bridgehead atoms. The molecular weight excluding hydrogens is 569 g/mol. The molecule has 0 spiro atoms. The molecule has 1 heterocycles. The number of nitrogens with zero attached hydrogens (tertiary/aromatic N) is 2. The van der Waals surface area contributed by atoms with Crippen molar-refractivity contribution in [3.05, 3.63) is 91.1 Å². The van der Waals surface area contributed by atoms with Gasteiger partial charge >= 0.3 is 5.97 Å². The Kier molecular flexibility index (Phi) is 11.3. The van der Waals surface area contributed by atoms with Crippen LogP contribution < -0.4 is 10.9 Å². The average Bonchev–Trinajstić information content (AvgIpc) is 2.87. The molecular formula is C34H43ClFN3O4. The quantitative estimate of drug-likeness (QED) is 0.242. The zero-order chi connectivity index (χ0) is 32.2. The molecule has 2 aromatic carbocycles. The number of carboxylic acids is 1. The molecule has 0 aliphatic rings. The molecule has 1 aromatic heterocycles. The molecule has 0 aliphatic carbocycles. The van der Waals surface area contributed by atoms with E-state index in [2.05, 4.69) is 5.32 Å². The normalized spacial score (nSPS) is 12.9. The molecule has 2 N–H and O–H groups in total. The van der Waals surface area contributed by atoms with Gasteiger partial charge in [0.25, 0.3) is 5.56 Å². The maximum atomic E-state index is 15.7. The van der Waals surface area contributed by atoms with Crippen molar-refractivity contribution in [3.8, 4) is 11.1 Å². The van der Waals surface area contributed by atoms with E-state index in [-0.39, 0.29) is 17.0 Å². The summed E-state index contributed by atoms with van der Waals surface area (Å²) >= 11 is 6.24. The number of halogens is 2. The second-order valence-electron chi connectivity index (χ2n) is 12.2. The number of hydrogen-bond acceptors (Lipinski definition) is 4. The monoisotopic (exact) mass is 611 g/mol. The lowest BCUT2D eigenvalue weighted by Crippen LogP contribution is -2.40. The van der Waals surface area contributed by atoms with Crippen LogP contribution in [0.25, 0.3) is 11.1 Å². The van der Waals surface area contributed by atoms with Crippen molar-refractivity contribution in [1.82, 2.24) is 14.8 Å². The zero-order valence-corrected chi connectivity index (χ0v) is 27.1. The molecule has 3 aromatic rings. The third-order valence-electron chi connectivity index (χ3n) is 7.70. The van der Waals surface area contributed by atoms with Crippen molar-refractivity contribution >= 4 is 23.5 Å². The average molecular weight is 612 g/mol. The number of carboxylic acid groups (broad SMARTS) is 1. The molecule has 0 saturated heterocycles. The number of hydrogen-bond donors (Lipinski definition) is 2. The Balaban J connectivity index is 2.10. The standard InChI is InChI=1S/C34H43ClFN3O4/c1-19(2)11-29(39-18-24(9-10-38(7)8)20(3)15-30(39)40)34(43)37-28(17-31(41)42)27-16-25(12-23(6)33(27)36)32-21(4)13-26(35)14-22(32)5/h12-16,18-19,28-29H,9-11,17H2,1-8H3,(H,37,43)(H,41,42)/t28-,29?/m0/s1. The fourth-order valence-electron chi connectivity index (χ4n) is 5.57. The van der Waals surface area contributed by atoms with Crippen molar-refractivity contribution < 1.29 is 19.1 Å². The van der Waals surface area contributed by atoms with Gasteiger partial charge in [-0.05, 0) is 124 Å². The summed E-state index contributed by atoms with van der Waals surface area (Å²) in [5.74, 6) is -2.26. The molecule has 0 fully saturated rings. The topological polar surface area (TPSA) is 91.6 Å². The third-order valence-corrected chi connectivity index (χ3v) is 7.92. The number of benzene rings is 2. The number of carbonyl (C=O) groups is 2. The van der Waals surface area contributed by atoms with Crippen molar-refractivity contribution in [2.24, 2.45) is 5.92 Å². The number of aromatic nitrogens is 1. The van der Waals surface area contributed by atoms with Crippen molar-refractivity contribution in [1.29, 1.82) is 0 Å². The first-order valence-corrected chi connectivity index (χ1v) is 14.9. The smallest absolute Gasteiger partial charge is 0.305 e. The first-order valence-electron chi connectivity index (χ1n) is 14.5. The lowest BCUT2D eigenvalue weighted by atomic mass is 9.90. The molecule has 7 nitrogen and oxygen atoms in total. The molecule has 9 heteroatoms. The summed E-state index contributed by atoms with van der Waals surface area (Å²) in [6.07, 6.45) is 2.23. The molecule has 232 valence electrons. The van der Waals surface area contributed by atoms with E-state index < -0.39 is 36.2 Å². The van der Waals surface area contributed by atoms with Crippen LogP contribution in [-0.2, 0) is 16.0 Å². The summed E-state index contributed by atoms with van der Waals surface area (Å²) in [5.41, 5.74) is 5.21. The van der Waals surface area contributed by atoms with E-state index in [0.29, 0.717) is 29.0 Å². The number of rotatable bonds is 12. The second kappa shape index (κ2) is 14.3. The van der Waals surface area contributed by atoms with Crippen molar-refractivity contribution in [2.75, 3.05) is 20.6 Å². The summed E-state index contributed by atoms with van der Waals surface area (Å²) in [6.45, 7) is 12.0. The number of carbonyl (C=O) groups excluding carboxylic acids is 1. The summed E-state index contributed by atoms with van der Waals surface area (Å²) in [7, 11) is 3.93. The number of amides is 1. The highest BCUT2D eigenvalue weighted by atomic mass is 35.5. The van der Waals surface area contributed by atoms with Crippen LogP contribution in [0.3, 0.4) is 0 Å². The van der Waals surface area contributed by atoms with Crippen LogP contribution in [0, 0.1) is 39.4 Å². The van der Waals surface area contributed by atoms with Gasteiger partial charge in [-0.2, -0.15) is 0 Å². The van der Waals surface area contributed by atoms with E-state index in [1.807, 2.05) is 65.7 Å². The van der Waals surface area contributed by atoms with Gasteiger partial charge in [0, 0.05) is 29.4 Å². The van der Waals surface area contributed by atoms with Gasteiger partial charge in [0.1, 0.15) is 11.9 Å². The molecule has 1 amide bonds. The molecule has 1 unspecified atom stereocenters. The van der Waals surface area contributed by atoms with Gasteiger partial charge in [-0.25, -0.2) is 4.39 Å². The maximum absolute atomic E-state index is 15.7. The Morgan fingerprint density at radius 1 is 1.00 bits per heavy atom. The predicted molar refractivity (Wildman–Crippen MR) is 170 cm³/mol. The van der Waals surface area contributed by atoms with Gasteiger partial charge < -0.3 is 19.9 Å². The minimum absolute atomic E-state index is 0.0465. The highest BCUT2D eigenvalue weighted by molar-refractivity contribution is 6.30. The van der Waals surface area contributed by atoms with Crippen LogP contribution >= 0.6 is 11.6 Å². The fraction of sp³-hybridized carbons (Fsp3) is 0.441. The Hall–Kier alpha value is -3.49. The highest BCUT2D eigenvalue weighted by Gasteiger charge is 2.29. The number of likely N-dealkylation sites (N-methyl/N-ethyl adjacent to an activating group) is 1. The van der Waals surface area contributed by atoms with E-state index in [0.717, 1.165) is 34.4 Å². The number of aryl methyl sites for hydroxylation is 4. The Morgan fingerprint density at radius 2 is 1.63 bits per heavy atom. The molecule has 0 radical (unpaired) electrons. The van der Waals surface area contributed by atoms with Crippen LogP contribution in [0.1, 0.15) is 72.2 Å². The summed E-state index contributed by atoms with van der Waals surface area (Å²) in [6, 6.07) is 6.42. The lowest BCUT2D eigenvalue weighted by molar-refractivity contribution is -0.138. The van der Waals surface area contributed by atoms with Gasteiger partial charge in [0.2, 0.25) is 5.91 Å². The van der Waals surface area contributed by atoms with Gasteiger partial charge in [-0.3, -0.25) is 14.4 Å². The molecule has 0 saturated carbocycles. The molecule has 2 atom stereocenters. The van der Waals surface area contributed by atoms with E-state index in [9.17, 15) is 19.5 Å².